The van der Waals surface area contributed by atoms with Gasteiger partial charge in [-0.3, -0.25) is 9.69 Å². The number of ether oxygens (including phenoxy) is 2. The highest BCUT2D eigenvalue weighted by molar-refractivity contribution is 5.93. The molecule has 0 N–H and O–H groups in total. The molecule has 4 nitrogen and oxygen atoms in total. The topological polar surface area (TPSA) is 38.8 Å². The van der Waals surface area contributed by atoms with Gasteiger partial charge in [0.25, 0.3) is 0 Å². The van der Waals surface area contributed by atoms with Crippen LogP contribution in [0.5, 0.6) is 5.75 Å². The molecule has 0 atom stereocenters. The van der Waals surface area contributed by atoms with Crippen molar-refractivity contribution in [3.63, 3.8) is 0 Å². The van der Waals surface area contributed by atoms with Crippen LogP contribution in [0.2, 0.25) is 0 Å². The zero-order valence-corrected chi connectivity index (χ0v) is 13.1. The lowest BCUT2D eigenvalue weighted by atomic mass is 10.1. The summed E-state index contributed by atoms with van der Waals surface area (Å²) in [7, 11) is 1.64. The summed E-state index contributed by atoms with van der Waals surface area (Å²) in [5.41, 5.74) is 1.01. The average molecular weight is 312 g/mol. The van der Waals surface area contributed by atoms with Gasteiger partial charge < -0.3 is 9.47 Å². The molecule has 1 aliphatic rings. The molecule has 0 amide bonds. The molecular formula is C16H22ClNO3. The highest BCUT2D eigenvalue weighted by Crippen LogP contribution is 2.12. The molecule has 0 aliphatic carbocycles. The molecule has 1 heterocycles. The lowest BCUT2D eigenvalue weighted by molar-refractivity contribution is -0.115. The maximum absolute atomic E-state index is 11.8. The number of benzene rings is 1. The maximum Gasteiger partial charge on any atom is 0.156 e. The van der Waals surface area contributed by atoms with Crippen LogP contribution in [0.4, 0.5) is 0 Å². The Morgan fingerprint density at radius 2 is 1.95 bits per heavy atom. The first-order chi connectivity index (χ1) is 9.78. The Bertz CT molecular complexity index is 453. The predicted octanol–water partition coefficient (Wildman–Crippen LogP) is 2.42. The molecule has 1 fully saturated rings. The summed E-state index contributed by atoms with van der Waals surface area (Å²) in [6.45, 7) is 4.21. The summed E-state index contributed by atoms with van der Waals surface area (Å²) in [6.07, 6.45) is 4.07. The van der Waals surface area contributed by atoms with E-state index in [1.165, 1.54) is 0 Å². The highest BCUT2D eigenvalue weighted by Gasteiger charge is 2.10. The Morgan fingerprint density at radius 1 is 1.29 bits per heavy atom. The molecule has 5 heteroatoms. The van der Waals surface area contributed by atoms with Crippen molar-refractivity contribution in [2.24, 2.45) is 0 Å². The Morgan fingerprint density at radius 3 is 2.57 bits per heavy atom. The van der Waals surface area contributed by atoms with Crippen molar-refractivity contribution in [1.29, 1.82) is 0 Å². The highest BCUT2D eigenvalue weighted by atomic mass is 35.5. The summed E-state index contributed by atoms with van der Waals surface area (Å²) in [6, 6.07) is 7.64. The van der Waals surface area contributed by atoms with E-state index in [1.54, 1.807) is 13.2 Å². The van der Waals surface area contributed by atoms with E-state index in [-0.39, 0.29) is 18.2 Å². The molecule has 2 rings (SSSR count). The molecule has 116 valence electrons. The van der Waals surface area contributed by atoms with Crippen LogP contribution >= 0.6 is 12.4 Å². The van der Waals surface area contributed by atoms with Gasteiger partial charge >= 0.3 is 0 Å². The molecule has 0 saturated carbocycles. The fourth-order valence-electron chi connectivity index (χ4n) is 2.08. The van der Waals surface area contributed by atoms with Crippen LogP contribution in [0.25, 0.3) is 6.08 Å². The van der Waals surface area contributed by atoms with Gasteiger partial charge in [0.1, 0.15) is 5.75 Å². The average Bonchev–Trinajstić information content (AvgIpc) is 2.52. The van der Waals surface area contributed by atoms with E-state index in [2.05, 4.69) is 4.90 Å². The molecule has 1 aliphatic heterocycles. The number of allylic oxidation sites excluding steroid dienone is 1. The maximum atomic E-state index is 11.8. The number of rotatable bonds is 6. The number of halogens is 1. The molecule has 1 aromatic carbocycles. The number of hydrogen-bond acceptors (Lipinski definition) is 4. The fourth-order valence-corrected chi connectivity index (χ4v) is 2.08. The first-order valence-electron chi connectivity index (χ1n) is 6.93. The molecule has 0 aromatic heterocycles. The standard InChI is InChI=1S/C16H21NO3.ClH/c1-19-16-6-3-14(4-7-16)2-5-15(18)8-9-17-10-12-20-13-11-17;/h2-7H,8-13H2,1H3;1H/b5-2+;. The van der Waals surface area contributed by atoms with Crippen molar-refractivity contribution >= 4 is 24.3 Å². The van der Waals surface area contributed by atoms with Crippen LogP contribution in [-0.2, 0) is 9.53 Å². The van der Waals surface area contributed by atoms with Crippen LogP contribution in [0, 0.1) is 0 Å². The van der Waals surface area contributed by atoms with Gasteiger partial charge in [-0.2, -0.15) is 0 Å². The number of carbonyl (C=O) groups excluding carboxylic acids is 1. The molecule has 0 bridgehead atoms. The lowest BCUT2D eigenvalue weighted by Gasteiger charge is -2.25. The Labute approximate surface area is 132 Å². The minimum atomic E-state index is 0. The molecule has 1 saturated heterocycles. The Balaban J connectivity index is 0.00000220. The summed E-state index contributed by atoms with van der Waals surface area (Å²) in [4.78, 5) is 14.1. The van der Waals surface area contributed by atoms with Gasteiger partial charge in [0, 0.05) is 26.1 Å². The first-order valence-corrected chi connectivity index (χ1v) is 6.93. The molecule has 21 heavy (non-hydrogen) atoms. The summed E-state index contributed by atoms with van der Waals surface area (Å²) < 4.78 is 10.4. The van der Waals surface area contributed by atoms with E-state index in [9.17, 15) is 4.79 Å². The molecular weight excluding hydrogens is 290 g/mol. The lowest BCUT2D eigenvalue weighted by Crippen LogP contribution is -2.37. The molecule has 0 radical (unpaired) electrons. The van der Waals surface area contributed by atoms with Gasteiger partial charge in [0.05, 0.1) is 20.3 Å². The van der Waals surface area contributed by atoms with Gasteiger partial charge in [-0.25, -0.2) is 0 Å². The molecule has 0 spiro atoms. The summed E-state index contributed by atoms with van der Waals surface area (Å²) in [5.74, 6) is 0.980. The number of morpholine rings is 1. The normalized spacial score (nSPS) is 15.7. The second kappa shape index (κ2) is 9.55. The third-order valence-corrected chi connectivity index (χ3v) is 3.36. The second-order valence-electron chi connectivity index (χ2n) is 4.78. The molecule has 0 unspecified atom stereocenters. The minimum absolute atomic E-state index is 0. The van der Waals surface area contributed by atoms with Crippen molar-refractivity contribution < 1.29 is 14.3 Å². The van der Waals surface area contributed by atoms with E-state index in [1.807, 2.05) is 30.3 Å². The zero-order valence-electron chi connectivity index (χ0n) is 12.3. The quantitative estimate of drug-likeness (QED) is 0.756. The van der Waals surface area contributed by atoms with Crippen LogP contribution in [0.15, 0.2) is 30.3 Å². The zero-order chi connectivity index (χ0) is 14.2. The third-order valence-electron chi connectivity index (χ3n) is 3.36. The van der Waals surface area contributed by atoms with Gasteiger partial charge in [-0.1, -0.05) is 18.2 Å². The number of nitrogens with zero attached hydrogens (tertiary/aromatic N) is 1. The van der Waals surface area contributed by atoms with Crippen LogP contribution in [0.3, 0.4) is 0 Å². The largest absolute Gasteiger partial charge is 0.497 e. The van der Waals surface area contributed by atoms with Crippen molar-refractivity contribution in [3.05, 3.63) is 35.9 Å². The van der Waals surface area contributed by atoms with Gasteiger partial charge in [-0.05, 0) is 23.8 Å². The van der Waals surface area contributed by atoms with Crippen molar-refractivity contribution in [2.45, 2.75) is 6.42 Å². The minimum Gasteiger partial charge on any atom is -0.497 e. The summed E-state index contributed by atoms with van der Waals surface area (Å²) >= 11 is 0. The SMILES string of the molecule is COc1ccc(/C=C/C(=O)CCN2CCOCC2)cc1.Cl. The number of hydrogen-bond donors (Lipinski definition) is 0. The third kappa shape index (κ3) is 6.29. The van der Waals surface area contributed by atoms with E-state index >= 15 is 0 Å². The van der Waals surface area contributed by atoms with Crippen LogP contribution in [-0.4, -0.2) is 50.6 Å². The van der Waals surface area contributed by atoms with Crippen molar-refractivity contribution in [1.82, 2.24) is 4.90 Å². The fraction of sp³-hybridized carbons (Fsp3) is 0.438. The van der Waals surface area contributed by atoms with Gasteiger partial charge in [0.2, 0.25) is 0 Å². The first kappa shape index (κ1) is 17.7. The van der Waals surface area contributed by atoms with Gasteiger partial charge in [0.15, 0.2) is 5.78 Å². The van der Waals surface area contributed by atoms with Crippen LogP contribution in [0.1, 0.15) is 12.0 Å². The van der Waals surface area contributed by atoms with Gasteiger partial charge in [-0.15, -0.1) is 12.4 Å². The van der Waals surface area contributed by atoms with Crippen LogP contribution < -0.4 is 4.74 Å². The monoisotopic (exact) mass is 311 g/mol. The van der Waals surface area contributed by atoms with E-state index in [0.29, 0.717) is 6.42 Å². The summed E-state index contributed by atoms with van der Waals surface area (Å²) in [5, 5.41) is 0. The second-order valence-corrected chi connectivity index (χ2v) is 4.78. The Kier molecular flexibility index (Phi) is 8.05. The number of ketones is 1. The molecule has 1 aromatic rings. The van der Waals surface area contributed by atoms with E-state index in [4.69, 9.17) is 9.47 Å². The Hall–Kier alpha value is -1.36. The van der Waals surface area contributed by atoms with E-state index in [0.717, 1.165) is 44.2 Å². The predicted molar refractivity (Wildman–Crippen MR) is 86.2 cm³/mol. The number of methoxy groups -OCH3 is 1. The van der Waals surface area contributed by atoms with E-state index < -0.39 is 0 Å². The van der Waals surface area contributed by atoms with Crippen molar-refractivity contribution in [3.8, 4) is 5.75 Å². The number of carbonyl (C=O) groups is 1. The van der Waals surface area contributed by atoms with Crippen molar-refractivity contribution in [2.75, 3.05) is 40.0 Å². The smallest absolute Gasteiger partial charge is 0.156 e.